The molecule has 2 aromatic carbocycles. The van der Waals surface area contributed by atoms with E-state index in [1.54, 1.807) is 6.20 Å². The van der Waals surface area contributed by atoms with E-state index in [2.05, 4.69) is 75.6 Å². The third kappa shape index (κ3) is 2.52. The Kier molecular flexibility index (Phi) is 3.32. The van der Waals surface area contributed by atoms with Crippen molar-refractivity contribution < 1.29 is 0 Å². The van der Waals surface area contributed by atoms with Crippen LogP contribution in [0.2, 0.25) is 0 Å². The summed E-state index contributed by atoms with van der Waals surface area (Å²) in [6, 6.07) is 18.8. The molecule has 29 heavy (non-hydrogen) atoms. The highest BCUT2D eigenvalue weighted by molar-refractivity contribution is 5.79. The summed E-state index contributed by atoms with van der Waals surface area (Å²) in [6.07, 6.45) is 5.63. The lowest BCUT2D eigenvalue weighted by Gasteiger charge is -2.14. The van der Waals surface area contributed by atoms with Crippen molar-refractivity contribution in [2.24, 2.45) is 0 Å². The van der Waals surface area contributed by atoms with E-state index in [-0.39, 0.29) is 5.41 Å². The van der Waals surface area contributed by atoms with Crippen LogP contribution in [0.3, 0.4) is 0 Å². The van der Waals surface area contributed by atoms with Gasteiger partial charge in [0.05, 0.1) is 17.1 Å². The summed E-state index contributed by atoms with van der Waals surface area (Å²) in [5.41, 5.74) is 5.14. The minimum absolute atomic E-state index is 0.163. The Bertz CT molecular complexity index is 1370. The number of hydrogen-bond acceptors (Lipinski definition) is 5. The molecule has 0 spiro atoms. The lowest BCUT2D eigenvalue weighted by Crippen LogP contribution is -2.15. The van der Waals surface area contributed by atoms with E-state index in [9.17, 15) is 0 Å². The molecule has 0 radical (unpaired) electrons. The Balaban J connectivity index is 1.49. The van der Waals surface area contributed by atoms with Gasteiger partial charge in [-0.05, 0) is 43.5 Å². The van der Waals surface area contributed by atoms with E-state index in [1.165, 1.54) is 11.1 Å². The molecule has 0 saturated heterocycles. The first kappa shape index (κ1) is 16.3. The second kappa shape index (κ2) is 5.91. The van der Waals surface area contributed by atoms with E-state index in [4.69, 9.17) is 5.10 Å². The molecule has 0 atom stereocenters. The molecule has 140 valence electrons. The highest BCUT2D eigenvalue weighted by Crippen LogP contribution is 2.53. The molecule has 6 heteroatoms. The molecular weight excluding hydrogens is 360 g/mol. The normalized spacial score (nSPS) is 15.1. The Labute approximate surface area is 167 Å². The van der Waals surface area contributed by atoms with Crippen molar-refractivity contribution in [1.29, 1.82) is 0 Å². The first-order valence-electron chi connectivity index (χ1n) is 9.74. The van der Waals surface area contributed by atoms with Gasteiger partial charge >= 0.3 is 0 Å². The minimum atomic E-state index is -0.163. The van der Waals surface area contributed by atoms with E-state index in [0.29, 0.717) is 5.78 Å². The Morgan fingerprint density at radius 3 is 2.62 bits per heavy atom. The second-order valence-electron chi connectivity index (χ2n) is 7.74. The fourth-order valence-electron chi connectivity index (χ4n) is 3.99. The molecule has 5 aromatic rings. The number of benzene rings is 2. The molecule has 1 aliphatic rings. The van der Waals surface area contributed by atoms with E-state index in [0.717, 1.165) is 40.8 Å². The van der Waals surface area contributed by atoms with Gasteiger partial charge in [-0.1, -0.05) is 42.0 Å². The smallest absolute Gasteiger partial charge is 0.256 e. The number of aryl methyl sites for hydroxylation is 1. The second-order valence-corrected chi connectivity index (χ2v) is 7.74. The van der Waals surface area contributed by atoms with Crippen molar-refractivity contribution >= 4 is 16.7 Å². The summed E-state index contributed by atoms with van der Waals surface area (Å²) < 4.78 is 1.82. The van der Waals surface area contributed by atoms with Crippen LogP contribution in [0.25, 0.3) is 27.9 Å². The molecule has 3 aromatic heterocycles. The van der Waals surface area contributed by atoms with Crippen LogP contribution in [0.4, 0.5) is 0 Å². The number of rotatable bonds is 3. The molecule has 0 bridgehead atoms. The van der Waals surface area contributed by atoms with Crippen LogP contribution >= 0.6 is 0 Å². The number of aromatic nitrogens is 6. The number of hydrogen-bond donors (Lipinski definition) is 0. The van der Waals surface area contributed by atoms with Crippen LogP contribution in [0.5, 0.6) is 0 Å². The summed E-state index contributed by atoms with van der Waals surface area (Å²) in [5.74, 6) is 1.39. The summed E-state index contributed by atoms with van der Waals surface area (Å²) in [7, 11) is 0. The quantitative estimate of drug-likeness (QED) is 0.472. The van der Waals surface area contributed by atoms with Crippen LogP contribution in [0, 0.1) is 6.92 Å². The first-order valence-corrected chi connectivity index (χ1v) is 9.74. The monoisotopic (exact) mass is 378 g/mol. The molecule has 6 rings (SSSR count). The molecule has 6 nitrogen and oxygen atoms in total. The first-order chi connectivity index (χ1) is 14.2. The molecule has 1 aliphatic carbocycles. The van der Waals surface area contributed by atoms with E-state index in [1.807, 2.05) is 16.8 Å². The van der Waals surface area contributed by atoms with Crippen molar-refractivity contribution in [3.63, 3.8) is 0 Å². The Morgan fingerprint density at radius 2 is 1.79 bits per heavy atom. The lowest BCUT2D eigenvalue weighted by molar-refractivity contribution is 0.703. The predicted molar refractivity (Wildman–Crippen MR) is 111 cm³/mol. The summed E-state index contributed by atoms with van der Waals surface area (Å²) in [4.78, 5) is 8.94. The average molecular weight is 378 g/mol. The molecule has 0 unspecified atom stereocenters. The predicted octanol–water partition coefficient (Wildman–Crippen LogP) is 4.12. The van der Waals surface area contributed by atoms with Crippen molar-refractivity contribution in [3.05, 3.63) is 83.9 Å². The SMILES string of the molecule is Cc1ccc(-c2cnc3nnc(C4(c5ccc6ncccc6c5)CC4)n3n2)cc1. The van der Waals surface area contributed by atoms with Crippen molar-refractivity contribution in [2.75, 3.05) is 0 Å². The molecule has 1 saturated carbocycles. The number of nitrogens with zero attached hydrogens (tertiary/aromatic N) is 6. The summed E-state index contributed by atoms with van der Waals surface area (Å²) >= 11 is 0. The zero-order valence-electron chi connectivity index (χ0n) is 15.9. The maximum Gasteiger partial charge on any atom is 0.271 e. The van der Waals surface area contributed by atoms with Gasteiger partial charge in [-0.25, -0.2) is 4.98 Å². The summed E-state index contributed by atoms with van der Waals surface area (Å²) in [5, 5.41) is 14.8. The third-order valence-corrected chi connectivity index (χ3v) is 5.82. The Morgan fingerprint density at radius 1 is 0.931 bits per heavy atom. The maximum atomic E-state index is 4.85. The van der Waals surface area contributed by atoms with Gasteiger partial charge in [-0.3, -0.25) is 4.98 Å². The standard InChI is InChI=1S/C23H18N6/c1-15-4-6-16(7-5-15)20-14-25-22-27-26-21(29(22)28-20)23(10-11-23)18-8-9-19-17(13-18)3-2-12-24-19/h2-9,12-14H,10-11H2,1H3. The van der Waals surface area contributed by atoms with Crippen molar-refractivity contribution in [3.8, 4) is 11.3 Å². The number of pyridine rings is 1. The molecule has 0 N–H and O–H groups in total. The van der Waals surface area contributed by atoms with Gasteiger partial charge < -0.3 is 0 Å². The topological polar surface area (TPSA) is 68.9 Å². The van der Waals surface area contributed by atoms with Crippen LogP contribution < -0.4 is 0 Å². The Hall–Kier alpha value is -3.67. The fourth-order valence-corrected chi connectivity index (χ4v) is 3.99. The van der Waals surface area contributed by atoms with Gasteiger partial charge in [-0.15, -0.1) is 10.2 Å². The molecular formula is C23H18N6. The highest BCUT2D eigenvalue weighted by Gasteiger charge is 2.50. The summed E-state index contributed by atoms with van der Waals surface area (Å²) in [6.45, 7) is 2.08. The van der Waals surface area contributed by atoms with Gasteiger partial charge in [0.15, 0.2) is 5.82 Å². The number of fused-ring (bicyclic) bond motifs is 2. The van der Waals surface area contributed by atoms with Crippen molar-refractivity contribution in [1.82, 2.24) is 29.8 Å². The molecule has 0 amide bonds. The van der Waals surface area contributed by atoms with E-state index >= 15 is 0 Å². The zero-order valence-corrected chi connectivity index (χ0v) is 15.9. The third-order valence-electron chi connectivity index (χ3n) is 5.82. The van der Waals surface area contributed by atoms with Crippen LogP contribution in [-0.4, -0.2) is 29.8 Å². The minimum Gasteiger partial charge on any atom is -0.256 e. The largest absolute Gasteiger partial charge is 0.271 e. The van der Waals surface area contributed by atoms with Gasteiger partial charge in [0.25, 0.3) is 5.78 Å². The van der Waals surface area contributed by atoms with Crippen LogP contribution in [0.15, 0.2) is 67.0 Å². The van der Waals surface area contributed by atoms with Gasteiger partial charge in [0.2, 0.25) is 0 Å². The maximum absolute atomic E-state index is 4.85. The average Bonchev–Trinajstić information content (AvgIpc) is 3.46. The van der Waals surface area contributed by atoms with E-state index < -0.39 is 0 Å². The van der Waals surface area contributed by atoms with Gasteiger partial charge in [-0.2, -0.15) is 9.61 Å². The molecule has 3 heterocycles. The highest BCUT2D eigenvalue weighted by atomic mass is 15.4. The molecule has 1 fully saturated rings. The van der Waals surface area contributed by atoms with Gasteiger partial charge in [0.1, 0.15) is 5.69 Å². The van der Waals surface area contributed by atoms with Crippen LogP contribution in [0.1, 0.15) is 29.8 Å². The zero-order chi connectivity index (χ0) is 19.4. The molecule has 0 aliphatic heterocycles. The van der Waals surface area contributed by atoms with Crippen LogP contribution in [-0.2, 0) is 5.41 Å². The fraction of sp³-hybridized carbons (Fsp3) is 0.174. The lowest BCUT2D eigenvalue weighted by atomic mass is 9.94. The van der Waals surface area contributed by atoms with Gasteiger partial charge in [0, 0.05) is 17.1 Å². The van der Waals surface area contributed by atoms with Crippen molar-refractivity contribution in [2.45, 2.75) is 25.2 Å².